The summed E-state index contributed by atoms with van der Waals surface area (Å²) in [6, 6.07) is 3.89. The zero-order chi connectivity index (χ0) is 8.91. The van der Waals surface area contributed by atoms with Gasteiger partial charge in [0.15, 0.2) is 17.4 Å². The van der Waals surface area contributed by atoms with Gasteiger partial charge in [-0.15, -0.1) is 0 Å². The topological polar surface area (TPSA) is 9.23 Å². The molecule has 0 fully saturated rings. The van der Waals surface area contributed by atoms with Crippen LogP contribution in [0.15, 0.2) is 0 Å². The van der Waals surface area contributed by atoms with E-state index >= 15 is 0 Å². The van der Waals surface area contributed by atoms with Crippen LogP contribution >= 0.6 is 0 Å². The fraction of sp³-hybridized carbons (Fsp3) is 1.00. The van der Waals surface area contributed by atoms with Crippen LogP contribution in [0.1, 0.15) is 20.8 Å². The highest BCUT2D eigenvalue weighted by Crippen LogP contribution is 2.22. The van der Waals surface area contributed by atoms with Gasteiger partial charge in [0.2, 0.25) is 0 Å². The first-order valence-electron chi connectivity index (χ1n) is 4.78. The highest BCUT2D eigenvalue weighted by Gasteiger charge is 2.28. The van der Waals surface area contributed by atoms with Crippen LogP contribution in [0.5, 0.6) is 0 Å². The van der Waals surface area contributed by atoms with Crippen LogP contribution in [0, 0.1) is 0 Å². The lowest BCUT2D eigenvalue weighted by molar-refractivity contribution is 0.554. The van der Waals surface area contributed by atoms with Crippen molar-refractivity contribution < 1.29 is 4.12 Å². The van der Waals surface area contributed by atoms with Crippen molar-refractivity contribution in [2.75, 3.05) is 0 Å². The first-order chi connectivity index (χ1) is 5.10. The lowest BCUT2D eigenvalue weighted by Gasteiger charge is -2.30. The van der Waals surface area contributed by atoms with Gasteiger partial charge < -0.3 is 4.12 Å². The smallest absolute Gasteiger partial charge is 0.178 e. The summed E-state index contributed by atoms with van der Waals surface area (Å²) in [5.74, 6) is 0. The van der Waals surface area contributed by atoms with E-state index in [4.69, 9.17) is 4.12 Å². The van der Waals surface area contributed by atoms with E-state index < -0.39 is 17.4 Å². The highest BCUT2D eigenvalue weighted by molar-refractivity contribution is 6.79. The van der Waals surface area contributed by atoms with Crippen molar-refractivity contribution in [2.24, 2.45) is 0 Å². The third-order valence-electron chi connectivity index (χ3n) is 2.42. The van der Waals surface area contributed by atoms with Crippen LogP contribution in [0.4, 0.5) is 0 Å². The summed E-state index contributed by atoms with van der Waals surface area (Å²) in [5.41, 5.74) is 0. The van der Waals surface area contributed by atoms with E-state index in [9.17, 15) is 0 Å². The lowest BCUT2D eigenvalue weighted by atomic mass is 10.9. The van der Waals surface area contributed by atoms with Crippen LogP contribution in [0.3, 0.4) is 0 Å². The van der Waals surface area contributed by atoms with Crippen LogP contribution < -0.4 is 0 Å². The molecule has 0 atom stereocenters. The van der Waals surface area contributed by atoms with Gasteiger partial charge in [0.1, 0.15) is 0 Å². The Kier molecular flexibility index (Phi) is 5.30. The number of rotatable bonds is 5. The largest absolute Gasteiger partial charge is 0.458 e. The Morgan fingerprint density at radius 1 is 1.00 bits per heavy atom. The third kappa shape index (κ3) is 3.53. The SMILES string of the molecule is CC[Si](CC)(CC)O[SiH](C)C. The van der Waals surface area contributed by atoms with Gasteiger partial charge in [-0.25, -0.2) is 0 Å². The summed E-state index contributed by atoms with van der Waals surface area (Å²) >= 11 is 0. The maximum Gasteiger partial charge on any atom is 0.178 e. The normalized spacial score (nSPS) is 12.5. The molecule has 1 nitrogen and oxygen atoms in total. The van der Waals surface area contributed by atoms with Gasteiger partial charge in [0.25, 0.3) is 0 Å². The lowest BCUT2D eigenvalue weighted by Crippen LogP contribution is -2.39. The molecule has 0 aromatic rings. The van der Waals surface area contributed by atoms with Crippen molar-refractivity contribution in [2.45, 2.75) is 52.0 Å². The Morgan fingerprint density at radius 2 is 1.36 bits per heavy atom. The second-order valence-corrected chi connectivity index (χ2v) is 10.9. The van der Waals surface area contributed by atoms with Gasteiger partial charge in [-0.3, -0.25) is 0 Å². The molecular formula is C8H22OSi2. The van der Waals surface area contributed by atoms with Gasteiger partial charge in [-0.05, 0) is 31.2 Å². The number of hydrogen-bond acceptors (Lipinski definition) is 1. The summed E-state index contributed by atoms with van der Waals surface area (Å²) in [6.07, 6.45) is 0. The van der Waals surface area contributed by atoms with E-state index in [1.807, 2.05) is 0 Å². The molecule has 0 aliphatic rings. The Bertz CT molecular complexity index is 92.0. The second kappa shape index (κ2) is 5.11. The van der Waals surface area contributed by atoms with Gasteiger partial charge >= 0.3 is 0 Å². The summed E-state index contributed by atoms with van der Waals surface area (Å²) < 4.78 is 6.16. The van der Waals surface area contributed by atoms with E-state index in [0.29, 0.717) is 0 Å². The average molecular weight is 190 g/mol. The first-order valence-corrected chi connectivity index (χ1v) is 10.1. The van der Waals surface area contributed by atoms with Crippen molar-refractivity contribution in [3.63, 3.8) is 0 Å². The predicted octanol–water partition coefficient (Wildman–Crippen LogP) is 2.99. The average Bonchev–Trinajstić information content (AvgIpc) is 2.00. The molecule has 0 amide bonds. The van der Waals surface area contributed by atoms with Gasteiger partial charge in [0.05, 0.1) is 0 Å². The first kappa shape index (κ1) is 11.4. The zero-order valence-corrected chi connectivity index (χ0v) is 10.8. The fourth-order valence-corrected chi connectivity index (χ4v) is 9.00. The van der Waals surface area contributed by atoms with Gasteiger partial charge in [0, 0.05) is 0 Å². The van der Waals surface area contributed by atoms with Crippen molar-refractivity contribution >= 4 is 17.4 Å². The molecule has 0 N–H and O–H groups in total. The van der Waals surface area contributed by atoms with Crippen molar-refractivity contribution in [1.82, 2.24) is 0 Å². The van der Waals surface area contributed by atoms with Crippen LogP contribution in [0.2, 0.25) is 31.2 Å². The minimum atomic E-state index is -1.22. The molecule has 0 radical (unpaired) electrons. The molecule has 0 aromatic heterocycles. The van der Waals surface area contributed by atoms with E-state index in [-0.39, 0.29) is 0 Å². The Hall–Kier alpha value is 0.394. The summed E-state index contributed by atoms with van der Waals surface area (Å²) in [7, 11) is -2.01. The Balaban J connectivity index is 4.05. The zero-order valence-electron chi connectivity index (χ0n) is 8.61. The minimum Gasteiger partial charge on any atom is -0.458 e. The molecule has 68 valence electrons. The second-order valence-electron chi connectivity index (χ2n) is 3.41. The molecule has 0 spiro atoms. The molecule has 0 saturated carbocycles. The van der Waals surface area contributed by atoms with E-state index in [1.54, 1.807) is 0 Å². The van der Waals surface area contributed by atoms with Crippen LogP contribution in [-0.2, 0) is 4.12 Å². The molecule has 11 heavy (non-hydrogen) atoms. The molecular weight excluding hydrogens is 168 g/mol. The Labute approximate surface area is 74.0 Å². The van der Waals surface area contributed by atoms with Crippen molar-refractivity contribution in [3.8, 4) is 0 Å². The van der Waals surface area contributed by atoms with E-state index in [1.165, 1.54) is 18.1 Å². The maximum atomic E-state index is 6.16. The standard InChI is InChI=1S/C8H22OSi2/c1-6-11(7-2,8-3)9-10(4)5/h10H,6-8H2,1-5H3. The quantitative estimate of drug-likeness (QED) is 0.606. The maximum absolute atomic E-state index is 6.16. The predicted molar refractivity (Wildman–Crippen MR) is 57.2 cm³/mol. The summed E-state index contributed by atoms with van der Waals surface area (Å²) in [6.45, 7) is 11.4. The number of hydrogen-bond donors (Lipinski definition) is 0. The molecule has 0 rings (SSSR count). The van der Waals surface area contributed by atoms with Crippen molar-refractivity contribution in [3.05, 3.63) is 0 Å². The van der Waals surface area contributed by atoms with E-state index in [2.05, 4.69) is 33.9 Å². The van der Waals surface area contributed by atoms with Crippen molar-refractivity contribution in [1.29, 1.82) is 0 Å². The van der Waals surface area contributed by atoms with Gasteiger partial charge in [-0.2, -0.15) is 0 Å². The van der Waals surface area contributed by atoms with E-state index in [0.717, 1.165) is 0 Å². The molecule has 0 aliphatic carbocycles. The Morgan fingerprint density at radius 3 is 1.45 bits per heavy atom. The van der Waals surface area contributed by atoms with Gasteiger partial charge in [-0.1, -0.05) is 20.8 Å². The highest BCUT2D eigenvalue weighted by atomic mass is 28.4. The molecule has 0 aromatic carbocycles. The van der Waals surface area contributed by atoms with Crippen LogP contribution in [-0.4, -0.2) is 17.4 Å². The molecule has 0 unspecified atom stereocenters. The molecule has 3 heteroatoms. The molecule has 0 aliphatic heterocycles. The molecule has 0 heterocycles. The molecule has 0 saturated heterocycles. The fourth-order valence-electron chi connectivity index (χ4n) is 1.50. The summed E-state index contributed by atoms with van der Waals surface area (Å²) in [4.78, 5) is 0. The third-order valence-corrected chi connectivity index (χ3v) is 10.2. The minimum absolute atomic E-state index is 0.787. The van der Waals surface area contributed by atoms with Crippen LogP contribution in [0.25, 0.3) is 0 Å². The monoisotopic (exact) mass is 190 g/mol. The molecule has 0 bridgehead atoms. The summed E-state index contributed by atoms with van der Waals surface area (Å²) in [5, 5.41) is 0.